The normalized spacial score (nSPS) is 15.6. The van der Waals surface area contributed by atoms with Gasteiger partial charge in [-0.25, -0.2) is 9.59 Å². The third-order valence-electron chi connectivity index (χ3n) is 9.93. The molecule has 19 nitrogen and oxygen atoms in total. The van der Waals surface area contributed by atoms with E-state index in [0.29, 0.717) is 97.3 Å². The molecule has 0 bridgehead atoms. The fourth-order valence-electron chi connectivity index (χ4n) is 6.60. The van der Waals surface area contributed by atoms with Crippen LogP contribution in [0.5, 0.6) is 0 Å². The van der Waals surface area contributed by atoms with Crippen LogP contribution in [0.2, 0.25) is 0 Å². The number of urea groups is 1. The molecule has 19 heteroatoms. The number of benzene rings is 1. The van der Waals surface area contributed by atoms with Crippen LogP contribution in [0.25, 0.3) is 0 Å². The molecule has 0 aromatic heterocycles. The molecule has 0 saturated carbocycles. The lowest BCUT2D eigenvalue weighted by Gasteiger charge is -2.32. The van der Waals surface area contributed by atoms with Crippen LogP contribution < -0.4 is 16.0 Å². The highest BCUT2D eigenvalue weighted by Crippen LogP contribution is 2.12. The van der Waals surface area contributed by atoms with E-state index in [0.717, 1.165) is 17.5 Å². The van der Waals surface area contributed by atoms with Crippen LogP contribution in [0.1, 0.15) is 69.4 Å². The Morgan fingerprint density at radius 2 is 1.12 bits per heavy atom. The predicted octanol–water partition coefficient (Wildman–Crippen LogP) is 0.808. The van der Waals surface area contributed by atoms with Crippen molar-refractivity contribution >= 4 is 41.7 Å². The number of hydrogen-bond donors (Lipinski definition) is 7. The van der Waals surface area contributed by atoms with Gasteiger partial charge in [-0.15, -0.1) is 0 Å². The predicted molar refractivity (Wildman–Crippen MR) is 219 cm³/mol. The topological polar surface area (TPSA) is 253 Å². The Balaban J connectivity index is 1.88. The number of carbonyl (C=O) groups is 7. The molecule has 2 rings (SSSR count). The summed E-state index contributed by atoms with van der Waals surface area (Å²) in [5, 5.41) is 45.6. The molecule has 1 aromatic carbocycles. The van der Waals surface area contributed by atoms with Gasteiger partial charge < -0.3 is 41.3 Å². The Kier molecular flexibility index (Phi) is 24.3. The Bertz CT molecular complexity index is 1450. The maximum atomic E-state index is 13.4. The molecule has 1 aromatic rings. The number of amides is 4. The molecule has 7 N–H and O–H groups in total. The van der Waals surface area contributed by atoms with E-state index in [4.69, 9.17) is 0 Å². The van der Waals surface area contributed by atoms with Crippen LogP contribution in [-0.2, 0) is 35.3 Å². The summed E-state index contributed by atoms with van der Waals surface area (Å²) in [7, 11) is 0. The Morgan fingerprint density at radius 3 is 1.59 bits per heavy atom. The number of rotatable bonds is 25. The number of hydrogen-bond acceptors (Lipinski definition) is 11. The molecule has 1 heterocycles. The minimum absolute atomic E-state index is 0.00714. The van der Waals surface area contributed by atoms with E-state index in [-0.39, 0.29) is 64.2 Å². The van der Waals surface area contributed by atoms with Crippen molar-refractivity contribution < 1.29 is 54.0 Å². The summed E-state index contributed by atoms with van der Waals surface area (Å²) in [6.45, 7) is 7.24. The van der Waals surface area contributed by atoms with E-state index < -0.39 is 36.0 Å². The van der Waals surface area contributed by atoms with E-state index in [1.807, 2.05) is 47.9 Å². The molecule has 0 spiro atoms. The molecule has 0 unspecified atom stereocenters. The zero-order valence-electron chi connectivity index (χ0n) is 34.7. The first-order valence-corrected chi connectivity index (χ1v) is 20.6. The fourth-order valence-corrected chi connectivity index (χ4v) is 6.60. The summed E-state index contributed by atoms with van der Waals surface area (Å²) >= 11 is 0. The van der Waals surface area contributed by atoms with E-state index >= 15 is 0 Å². The molecular weight excluding hydrogens is 768 g/mol. The van der Waals surface area contributed by atoms with Gasteiger partial charge in [0.15, 0.2) is 0 Å². The molecular formula is C40H66N8O11. The van der Waals surface area contributed by atoms with Crippen LogP contribution in [0.15, 0.2) is 24.3 Å². The molecule has 1 aliphatic rings. The van der Waals surface area contributed by atoms with Crippen molar-refractivity contribution in [2.45, 2.75) is 77.8 Å². The van der Waals surface area contributed by atoms with E-state index in [1.165, 1.54) is 0 Å². The van der Waals surface area contributed by atoms with Crippen LogP contribution in [0.4, 0.5) is 4.79 Å². The third-order valence-corrected chi connectivity index (χ3v) is 9.93. The lowest BCUT2D eigenvalue weighted by atomic mass is 10.1. The molecule has 0 radical (unpaired) electrons. The van der Waals surface area contributed by atoms with E-state index in [2.05, 4.69) is 16.0 Å². The third kappa shape index (κ3) is 23.4. The molecule has 59 heavy (non-hydrogen) atoms. The monoisotopic (exact) mass is 834 g/mol. The van der Waals surface area contributed by atoms with Gasteiger partial charge in [0.1, 0.15) is 6.04 Å². The summed E-state index contributed by atoms with van der Waals surface area (Å²) in [5.41, 5.74) is 2.12. The zero-order valence-corrected chi connectivity index (χ0v) is 34.7. The number of carbonyl (C=O) groups excluding carboxylic acids is 3. The number of aryl methyl sites for hydroxylation is 1. The van der Waals surface area contributed by atoms with Crippen molar-refractivity contribution in [2.75, 3.05) is 98.2 Å². The first kappa shape index (κ1) is 50.3. The van der Waals surface area contributed by atoms with Crippen LogP contribution in [-0.4, -0.2) is 191 Å². The van der Waals surface area contributed by atoms with E-state index in [1.54, 1.807) is 14.7 Å². The first-order chi connectivity index (χ1) is 28.1. The van der Waals surface area contributed by atoms with Crippen molar-refractivity contribution in [2.24, 2.45) is 0 Å². The minimum Gasteiger partial charge on any atom is -0.480 e. The average Bonchev–Trinajstić information content (AvgIpc) is 3.16. The van der Waals surface area contributed by atoms with Crippen molar-refractivity contribution in [1.82, 2.24) is 40.4 Å². The Labute approximate surface area is 347 Å². The summed E-state index contributed by atoms with van der Waals surface area (Å²) in [4.78, 5) is 93.2. The molecule has 1 saturated heterocycles. The zero-order chi connectivity index (χ0) is 43.6. The highest BCUT2D eigenvalue weighted by molar-refractivity contribution is 5.82. The number of carboxylic acids is 4. The van der Waals surface area contributed by atoms with Crippen LogP contribution in [0, 0.1) is 6.92 Å². The second kappa shape index (κ2) is 28.6. The van der Waals surface area contributed by atoms with Gasteiger partial charge in [0, 0.05) is 85.0 Å². The summed E-state index contributed by atoms with van der Waals surface area (Å²) in [5.74, 6) is -4.41. The maximum absolute atomic E-state index is 13.4. The molecule has 1 atom stereocenters. The summed E-state index contributed by atoms with van der Waals surface area (Å²) in [6, 6.07) is 6.55. The smallest absolute Gasteiger partial charge is 0.326 e. The lowest BCUT2D eigenvalue weighted by Crippen LogP contribution is -2.49. The second-order valence-corrected chi connectivity index (χ2v) is 15.0. The largest absolute Gasteiger partial charge is 0.480 e. The van der Waals surface area contributed by atoms with Gasteiger partial charge >= 0.3 is 29.9 Å². The quantitative estimate of drug-likeness (QED) is 0.0674. The van der Waals surface area contributed by atoms with Gasteiger partial charge in [0.25, 0.3) is 0 Å². The highest BCUT2D eigenvalue weighted by Gasteiger charge is 2.22. The van der Waals surface area contributed by atoms with Gasteiger partial charge in [-0.3, -0.25) is 43.6 Å². The standard InChI is InChI=1S/C40H66N8O11/c1-3-9-33(39(57)58)43-40(59)42-16-6-4-8-17-48(26-32-13-11-31(2)12-14-32)35(50)10-5-7-15-41-34(49)27-44-18-20-45(28-36(51)52)22-24-47(30-38(55)56)25-23-46(21-19-44)29-37(53)54/h11-14,33H,3-10,15-30H2,1-2H3,(H,41,49)(H,51,52)(H,53,54)(H,55,56)(H,57,58)(H2,42,43,59)/t33-/m0/s1. The van der Waals surface area contributed by atoms with Gasteiger partial charge in [0.2, 0.25) is 11.8 Å². The Hall–Kier alpha value is -4.85. The molecule has 0 aliphatic carbocycles. The molecule has 4 amide bonds. The van der Waals surface area contributed by atoms with Crippen molar-refractivity contribution in [3.05, 3.63) is 35.4 Å². The number of unbranched alkanes of at least 4 members (excludes halogenated alkanes) is 3. The number of nitrogens with one attached hydrogen (secondary N) is 3. The number of carboxylic acid groups (broad SMARTS) is 4. The SMILES string of the molecule is CCC[C@H](NC(=O)NCCCCCN(Cc1ccc(C)cc1)C(=O)CCCCNC(=O)CN1CCN(CC(=O)O)CCN(CC(=O)O)CCN(CC(=O)O)CC1)C(=O)O. The molecule has 1 aliphatic heterocycles. The molecule has 332 valence electrons. The van der Waals surface area contributed by atoms with Gasteiger partial charge in [0.05, 0.1) is 26.2 Å². The number of nitrogens with zero attached hydrogens (tertiary/aromatic N) is 5. The first-order valence-electron chi connectivity index (χ1n) is 20.6. The van der Waals surface area contributed by atoms with Crippen molar-refractivity contribution in [1.29, 1.82) is 0 Å². The minimum atomic E-state index is -1.07. The lowest BCUT2D eigenvalue weighted by molar-refractivity contribution is -0.140. The second-order valence-electron chi connectivity index (χ2n) is 15.0. The van der Waals surface area contributed by atoms with Gasteiger partial charge in [-0.2, -0.15) is 0 Å². The Morgan fingerprint density at radius 1 is 0.644 bits per heavy atom. The maximum Gasteiger partial charge on any atom is 0.326 e. The number of aliphatic carboxylic acids is 4. The summed E-state index contributed by atoms with van der Waals surface area (Å²) < 4.78 is 0. The van der Waals surface area contributed by atoms with Crippen molar-refractivity contribution in [3.8, 4) is 0 Å². The highest BCUT2D eigenvalue weighted by atomic mass is 16.4. The van der Waals surface area contributed by atoms with Crippen LogP contribution in [0.3, 0.4) is 0 Å². The van der Waals surface area contributed by atoms with Gasteiger partial charge in [-0.05, 0) is 51.0 Å². The van der Waals surface area contributed by atoms with Crippen molar-refractivity contribution in [3.63, 3.8) is 0 Å². The van der Waals surface area contributed by atoms with Crippen LogP contribution >= 0.6 is 0 Å². The fraction of sp³-hybridized carbons (Fsp3) is 0.675. The average molecular weight is 835 g/mol. The van der Waals surface area contributed by atoms with E-state index in [9.17, 15) is 54.0 Å². The summed E-state index contributed by atoms with van der Waals surface area (Å²) in [6.07, 6.45) is 4.51. The van der Waals surface area contributed by atoms with Gasteiger partial charge in [-0.1, -0.05) is 43.2 Å². The molecule has 1 fully saturated rings.